The van der Waals surface area contributed by atoms with E-state index < -0.39 is 0 Å². The lowest BCUT2D eigenvalue weighted by atomic mass is 9.92. The van der Waals surface area contributed by atoms with Crippen LogP contribution in [0.15, 0.2) is 241 Å². The molecule has 1 atom stereocenters. The van der Waals surface area contributed by atoms with Crippen LogP contribution in [0.25, 0.3) is 98.8 Å². The first-order chi connectivity index (χ1) is 32.2. The average molecular weight is 831 g/mol. The van der Waals surface area contributed by atoms with Gasteiger partial charge in [0.2, 0.25) is 0 Å². The molecule has 2 aromatic heterocycles. The van der Waals surface area contributed by atoms with E-state index in [2.05, 4.69) is 246 Å². The Labute approximate surface area is 377 Å². The molecule has 0 radical (unpaired) electrons. The Bertz CT molecular complexity index is 3810. The van der Waals surface area contributed by atoms with Crippen LogP contribution in [-0.4, -0.2) is 10.6 Å². The number of nitrogens with zero attached hydrogens (tertiary/aromatic N) is 2. The average Bonchev–Trinajstić information content (AvgIpc) is 3.91. The minimum absolute atomic E-state index is 0.0539. The number of anilines is 2. The Balaban J connectivity index is 0.920. The van der Waals surface area contributed by atoms with Gasteiger partial charge < -0.3 is 13.9 Å². The molecular formula is C62H42N2O. The standard InChI is InChI=1S/C62H42N2O/c1-2-15-46-40-61-56(39-45(46)14-1)62-55(22-12-26-60(62)65-61)54-20-7-8-23-57(54)63(48-35-37-49(38-36-48)64-58-24-9-5-18-52(58)53-19-6-10-25-59(53)64)47-33-31-42(32-34-47)41-27-29-44(30-28-41)51-21-11-16-43-13-3-4-17-50(43)51/h1-33,35-40,47H,34H2. The van der Waals surface area contributed by atoms with Crippen LogP contribution in [0.5, 0.6) is 0 Å². The molecule has 12 aromatic rings. The zero-order valence-corrected chi connectivity index (χ0v) is 35.6. The molecule has 0 saturated carbocycles. The van der Waals surface area contributed by atoms with E-state index in [-0.39, 0.29) is 6.04 Å². The summed E-state index contributed by atoms with van der Waals surface area (Å²) in [5.41, 5.74) is 14.9. The second kappa shape index (κ2) is 15.1. The van der Waals surface area contributed by atoms with Gasteiger partial charge in [-0.1, -0.05) is 176 Å². The Kier molecular flexibility index (Phi) is 8.67. The lowest BCUT2D eigenvalue weighted by Gasteiger charge is -2.35. The van der Waals surface area contributed by atoms with Gasteiger partial charge in [-0.2, -0.15) is 0 Å². The first-order valence-electron chi connectivity index (χ1n) is 22.5. The Morgan fingerprint density at radius 2 is 1.05 bits per heavy atom. The number of aromatic nitrogens is 1. The summed E-state index contributed by atoms with van der Waals surface area (Å²) in [6.07, 6.45) is 7.96. The predicted octanol–water partition coefficient (Wildman–Crippen LogP) is 16.9. The quantitative estimate of drug-likeness (QED) is 0.160. The topological polar surface area (TPSA) is 21.3 Å². The molecule has 0 bridgehead atoms. The predicted molar refractivity (Wildman–Crippen MR) is 274 cm³/mol. The molecule has 1 aliphatic rings. The first-order valence-corrected chi connectivity index (χ1v) is 22.5. The van der Waals surface area contributed by atoms with Crippen LogP contribution in [0, 0.1) is 0 Å². The van der Waals surface area contributed by atoms with Crippen LogP contribution in [0.1, 0.15) is 12.0 Å². The molecule has 0 aliphatic heterocycles. The SMILES string of the molecule is C1=CC(N(c2ccc(-n3c4ccccc4c4ccccc43)cc2)c2ccccc2-c2cccc3oc4cc5ccccc5cc4c23)CC=C1c1ccc(-c2cccc3ccccc23)cc1. The third-order valence-electron chi connectivity index (χ3n) is 13.5. The molecule has 306 valence electrons. The highest BCUT2D eigenvalue weighted by atomic mass is 16.3. The Hall–Kier alpha value is -8.40. The monoisotopic (exact) mass is 830 g/mol. The second-order valence-corrected chi connectivity index (χ2v) is 17.2. The van der Waals surface area contributed by atoms with Gasteiger partial charge in [0.25, 0.3) is 0 Å². The van der Waals surface area contributed by atoms with E-state index in [4.69, 9.17) is 4.42 Å². The fourth-order valence-corrected chi connectivity index (χ4v) is 10.5. The molecule has 2 heterocycles. The number of fused-ring (bicyclic) bond motifs is 8. The molecule has 0 N–H and O–H groups in total. The molecule has 13 rings (SSSR count). The van der Waals surface area contributed by atoms with Crippen molar-refractivity contribution in [2.24, 2.45) is 0 Å². The lowest BCUT2D eigenvalue weighted by Crippen LogP contribution is -2.30. The van der Waals surface area contributed by atoms with Gasteiger partial charge in [-0.3, -0.25) is 0 Å². The molecule has 65 heavy (non-hydrogen) atoms. The molecular weight excluding hydrogens is 789 g/mol. The van der Waals surface area contributed by atoms with Crippen molar-refractivity contribution in [1.82, 2.24) is 4.57 Å². The first kappa shape index (κ1) is 37.2. The fourth-order valence-electron chi connectivity index (χ4n) is 10.5. The van der Waals surface area contributed by atoms with Crippen LogP contribution < -0.4 is 4.90 Å². The maximum absolute atomic E-state index is 6.60. The molecule has 0 spiro atoms. The van der Waals surface area contributed by atoms with Crippen molar-refractivity contribution in [3.8, 4) is 27.9 Å². The third-order valence-corrected chi connectivity index (χ3v) is 13.5. The highest BCUT2D eigenvalue weighted by molar-refractivity contribution is 6.16. The van der Waals surface area contributed by atoms with Crippen LogP contribution in [0.4, 0.5) is 11.4 Å². The van der Waals surface area contributed by atoms with Crippen molar-refractivity contribution in [2.45, 2.75) is 12.5 Å². The minimum atomic E-state index is 0.0539. The van der Waals surface area contributed by atoms with Crippen LogP contribution in [0.3, 0.4) is 0 Å². The van der Waals surface area contributed by atoms with Crippen molar-refractivity contribution in [3.05, 3.63) is 242 Å². The summed E-state index contributed by atoms with van der Waals surface area (Å²) in [4.78, 5) is 2.54. The molecule has 0 saturated heterocycles. The number of para-hydroxylation sites is 3. The molecule has 3 heteroatoms. The normalized spacial score (nSPS) is 14.0. The highest BCUT2D eigenvalue weighted by Gasteiger charge is 2.25. The van der Waals surface area contributed by atoms with Gasteiger partial charge in [0.05, 0.1) is 17.1 Å². The third kappa shape index (κ3) is 6.19. The number of allylic oxidation sites excluding steroid dienone is 2. The summed E-state index contributed by atoms with van der Waals surface area (Å²) in [6, 6.07) is 79.3. The lowest BCUT2D eigenvalue weighted by molar-refractivity contribution is 0.669. The van der Waals surface area contributed by atoms with E-state index >= 15 is 0 Å². The van der Waals surface area contributed by atoms with Gasteiger partial charge in [0.1, 0.15) is 11.2 Å². The zero-order chi connectivity index (χ0) is 42.8. The molecule has 3 nitrogen and oxygen atoms in total. The van der Waals surface area contributed by atoms with Crippen molar-refractivity contribution in [2.75, 3.05) is 4.90 Å². The smallest absolute Gasteiger partial charge is 0.136 e. The largest absolute Gasteiger partial charge is 0.456 e. The van der Waals surface area contributed by atoms with Gasteiger partial charge in [0.15, 0.2) is 0 Å². The number of benzene rings is 10. The van der Waals surface area contributed by atoms with Gasteiger partial charge in [0, 0.05) is 44.2 Å². The van der Waals surface area contributed by atoms with Gasteiger partial charge in [-0.25, -0.2) is 0 Å². The summed E-state index contributed by atoms with van der Waals surface area (Å²) in [5, 5.41) is 9.69. The summed E-state index contributed by atoms with van der Waals surface area (Å²) >= 11 is 0. The van der Waals surface area contributed by atoms with Gasteiger partial charge in [-0.05, 0) is 116 Å². The maximum atomic E-state index is 6.60. The summed E-state index contributed by atoms with van der Waals surface area (Å²) < 4.78 is 8.99. The molecule has 0 fully saturated rings. The number of hydrogen-bond acceptors (Lipinski definition) is 2. The second-order valence-electron chi connectivity index (χ2n) is 17.2. The zero-order valence-electron chi connectivity index (χ0n) is 35.6. The van der Waals surface area contributed by atoms with Gasteiger partial charge in [-0.15, -0.1) is 0 Å². The van der Waals surface area contributed by atoms with E-state index in [1.54, 1.807) is 0 Å². The summed E-state index contributed by atoms with van der Waals surface area (Å²) in [7, 11) is 0. The summed E-state index contributed by atoms with van der Waals surface area (Å²) in [5.74, 6) is 0. The fraction of sp³-hybridized carbons (Fsp3) is 0.0323. The molecule has 10 aromatic carbocycles. The van der Waals surface area contributed by atoms with Crippen molar-refractivity contribution in [3.63, 3.8) is 0 Å². The van der Waals surface area contributed by atoms with E-state index in [9.17, 15) is 0 Å². The Morgan fingerprint density at radius 3 is 1.80 bits per heavy atom. The minimum Gasteiger partial charge on any atom is -0.456 e. The molecule has 1 aliphatic carbocycles. The van der Waals surface area contributed by atoms with E-state index in [1.807, 2.05) is 0 Å². The van der Waals surface area contributed by atoms with Crippen molar-refractivity contribution >= 4 is 82.2 Å². The van der Waals surface area contributed by atoms with Gasteiger partial charge >= 0.3 is 0 Å². The highest BCUT2D eigenvalue weighted by Crippen LogP contribution is 2.45. The van der Waals surface area contributed by atoms with E-state index in [0.717, 1.165) is 56.5 Å². The van der Waals surface area contributed by atoms with Crippen molar-refractivity contribution < 1.29 is 4.42 Å². The van der Waals surface area contributed by atoms with E-state index in [0.29, 0.717) is 0 Å². The summed E-state index contributed by atoms with van der Waals surface area (Å²) in [6.45, 7) is 0. The molecule has 0 amide bonds. The number of hydrogen-bond donors (Lipinski definition) is 0. The van der Waals surface area contributed by atoms with Crippen LogP contribution >= 0.6 is 0 Å². The van der Waals surface area contributed by atoms with Crippen molar-refractivity contribution in [1.29, 1.82) is 0 Å². The Morgan fingerprint density at radius 1 is 0.446 bits per heavy atom. The number of furan rings is 1. The van der Waals surface area contributed by atoms with Crippen LogP contribution in [-0.2, 0) is 0 Å². The van der Waals surface area contributed by atoms with Crippen LogP contribution in [0.2, 0.25) is 0 Å². The van der Waals surface area contributed by atoms with E-state index in [1.165, 1.54) is 65.6 Å². The maximum Gasteiger partial charge on any atom is 0.136 e. The molecule has 1 unspecified atom stereocenters. The number of rotatable bonds is 7.